The van der Waals surface area contributed by atoms with Gasteiger partial charge in [0.25, 0.3) is 0 Å². The molecule has 0 aliphatic heterocycles. The van der Waals surface area contributed by atoms with Gasteiger partial charge in [-0.2, -0.15) is 0 Å². The van der Waals surface area contributed by atoms with Crippen molar-refractivity contribution in [2.75, 3.05) is 5.43 Å². The molecule has 2 aromatic rings. The van der Waals surface area contributed by atoms with Crippen LogP contribution in [0.2, 0.25) is 0 Å². The summed E-state index contributed by atoms with van der Waals surface area (Å²) < 4.78 is 1.22. The second-order valence-electron chi connectivity index (χ2n) is 3.77. The van der Waals surface area contributed by atoms with Crippen LogP contribution in [0.3, 0.4) is 0 Å². The highest BCUT2D eigenvalue weighted by atomic mass is 32.2. The minimum atomic E-state index is 0.324. The predicted octanol–water partition coefficient (Wildman–Crippen LogP) is 3.10. The molecular formula is C11H14N4S2. The maximum absolute atomic E-state index is 5.48. The average molecular weight is 266 g/mol. The molecule has 0 saturated heterocycles. The van der Waals surface area contributed by atoms with E-state index in [2.05, 4.69) is 40.7 Å². The van der Waals surface area contributed by atoms with Crippen molar-refractivity contribution >= 4 is 28.9 Å². The van der Waals surface area contributed by atoms with Crippen molar-refractivity contribution in [2.24, 2.45) is 5.84 Å². The van der Waals surface area contributed by atoms with Crippen LogP contribution in [0, 0.1) is 0 Å². The van der Waals surface area contributed by atoms with Gasteiger partial charge in [0.1, 0.15) is 17.2 Å². The van der Waals surface area contributed by atoms with Gasteiger partial charge in [-0.25, -0.2) is 15.8 Å². The van der Waals surface area contributed by atoms with Crippen LogP contribution in [0.5, 0.6) is 0 Å². The van der Waals surface area contributed by atoms with E-state index in [-0.39, 0.29) is 0 Å². The molecule has 17 heavy (non-hydrogen) atoms. The van der Waals surface area contributed by atoms with Crippen molar-refractivity contribution in [3.8, 4) is 0 Å². The van der Waals surface area contributed by atoms with Crippen LogP contribution >= 0.6 is 23.1 Å². The van der Waals surface area contributed by atoms with Crippen LogP contribution in [0.4, 0.5) is 5.82 Å². The summed E-state index contributed by atoms with van der Waals surface area (Å²) in [7, 11) is 0. The second-order valence-corrected chi connectivity index (χ2v) is 6.01. The lowest BCUT2D eigenvalue weighted by Gasteiger charge is -2.14. The van der Waals surface area contributed by atoms with Gasteiger partial charge in [-0.3, -0.25) is 0 Å². The quantitative estimate of drug-likeness (QED) is 0.506. The first kappa shape index (κ1) is 12.3. The molecule has 2 rings (SSSR count). The van der Waals surface area contributed by atoms with Crippen LogP contribution in [-0.2, 0) is 0 Å². The lowest BCUT2D eigenvalue weighted by Crippen LogP contribution is -2.13. The number of rotatable bonds is 4. The summed E-state index contributed by atoms with van der Waals surface area (Å²) >= 11 is 3.35. The lowest BCUT2D eigenvalue weighted by molar-refractivity contribution is 0.804. The van der Waals surface area contributed by atoms with E-state index < -0.39 is 0 Å². The van der Waals surface area contributed by atoms with E-state index in [1.807, 2.05) is 6.07 Å². The molecule has 0 bridgehead atoms. The molecule has 0 spiro atoms. The predicted molar refractivity (Wildman–Crippen MR) is 72.4 cm³/mol. The Balaban J connectivity index is 2.39. The summed E-state index contributed by atoms with van der Waals surface area (Å²) in [6.07, 6.45) is 1.54. The summed E-state index contributed by atoms with van der Waals surface area (Å²) in [6, 6.07) is 4.11. The number of nitrogen functional groups attached to an aromatic ring is 1. The molecule has 90 valence electrons. The molecule has 0 amide bonds. The maximum atomic E-state index is 5.48. The molecular weight excluding hydrogens is 252 g/mol. The van der Waals surface area contributed by atoms with Crippen LogP contribution in [0.25, 0.3) is 0 Å². The number of thiophene rings is 1. The van der Waals surface area contributed by atoms with Crippen molar-refractivity contribution < 1.29 is 0 Å². The Morgan fingerprint density at radius 1 is 1.41 bits per heavy atom. The Morgan fingerprint density at radius 3 is 2.82 bits per heavy atom. The zero-order valence-corrected chi connectivity index (χ0v) is 11.3. The van der Waals surface area contributed by atoms with E-state index >= 15 is 0 Å². The van der Waals surface area contributed by atoms with Crippen molar-refractivity contribution in [1.82, 2.24) is 9.97 Å². The Labute approximate surface area is 109 Å². The number of hydrogen-bond acceptors (Lipinski definition) is 6. The van der Waals surface area contributed by atoms with E-state index in [0.29, 0.717) is 11.7 Å². The van der Waals surface area contributed by atoms with Gasteiger partial charge in [-0.05, 0) is 17.4 Å². The Morgan fingerprint density at radius 2 is 2.24 bits per heavy atom. The molecule has 0 radical (unpaired) electrons. The summed E-state index contributed by atoms with van der Waals surface area (Å²) in [5, 5.41) is 3.02. The largest absolute Gasteiger partial charge is 0.308 e. The van der Waals surface area contributed by atoms with Gasteiger partial charge in [0, 0.05) is 5.56 Å². The fourth-order valence-electron chi connectivity index (χ4n) is 1.51. The van der Waals surface area contributed by atoms with E-state index in [4.69, 9.17) is 5.84 Å². The highest BCUT2D eigenvalue weighted by molar-refractivity contribution is 8.01. The number of nitrogens with zero attached hydrogens (tertiary/aromatic N) is 2. The van der Waals surface area contributed by atoms with Crippen molar-refractivity contribution in [3.63, 3.8) is 0 Å². The Hall–Kier alpha value is -1.11. The SMILES string of the molecule is CC(C)c1c(NN)ncnc1Sc1cccs1. The van der Waals surface area contributed by atoms with Gasteiger partial charge in [0.05, 0.1) is 4.21 Å². The topological polar surface area (TPSA) is 63.8 Å². The lowest BCUT2D eigenvalue weighted by atomic mass is 10.1. The van der Waals surface area contributed by atoms with Crippen LogP contribution in [0.15, 0.2) is 33.1 Å². The van der Waals surface area contributed by atoms with E-state index in [1.54, 1.807) is 23.1 Å². The molecule has 0 atom stereocenters. The summed E-state index contributed by atoms with van der Waals surface area (Å²) in [4.78, 5) is 8.50. The van der Waals surface area contributed by atoms with Gasteiger partial charge >= 0.3 is 0 Å². The molecule has 2 heterocycles. The minimum absolute atomic E-state index is 0.324. The maximum Gasteiger partial charge on any atom is 0.147 e. The highest BCUT2D eigenvalue weighted by Gasteiger charge is 2.15. The van der Waals surface area contributed by atoms with Crippen molar-refractivity contribution in [3.05, 3.63) is 29.4 Å². The first-order valence-electron chi connectivity index (χ1n) is 5.25. The molecule has 0 fully saturated rings. The Bertz CT molecular complexity index is 482. The molecule has 0 aliphatic rings. The number of hydrazine groups is 1. The van der Waals surface area contributed by atoms with Gasteiger partial charge < -0.3 is 5.43 Å². The number of aromatic nitrogens is 2. The van der Waals surface area contributed by atoms with Gasteiger partial charge in [0.2, 0.25) is 0 Å². The fourth-order valence-corrected chi connectivity index (χ4v) is 3.44. The Kier molecular flexibility index (Phi) is 3.98. The minimum Gasteiger partial charge on any atom is -0.308 e. The third-order valence-electron chi connectivity index (χ3n) is 2.25. The van der Waals surface area contributed by atoms with Gasteiger partial charge in [-0.15, -0.1) is 11.3 Å². The normalized spacial score (nSPS) is 10.8. The fraction of sp³-hybridized carbons (Fsp3) is 0.273. The molecule has 0 aliphatic carbocycles. The number of hydrogen-bond donors (Lipinski definition) is 2. The molecule has 0 unspecified atom stereocenters. The standard InChI is InChI=1S/C11H14N4S2/c1-7(2)9-10(15-12)13-6-14-11(9)17-8-4-3-5-16-8/h3-7H,12H2,1-2H3,(H,13,14,15). The smallest absolute Gasteiger partial charge is 0.147 e. The number of anilines is 1. The van der Waals surface area contributed by atoms with E-state index in [0.717, 1.165) is 10.6 Å². The van der Waals surface area contributed by atoms with E-state index in [9.17, 15) is 0 Å². The molecule has 6 heteroatoms. The second kappa shape index (κ2) is 5.48. The third-order valence-corrected chi connectivity index (χ3v) is 4.31. The summed E-state index contributed by atoms with van der Waals surface area (Å²) in [6.45, 7) is 4.22. The molecule has 0 aromatic carbocycles. The van der Waals surface area contributed by atoms with Crippen LogP contribution in [-0.4, -0.2) is 9.97 Å². The van der Waals surface area contributed by atoms with Crippen molar-refractivity contribution in [2.45, 2.75) is 29.0 Å². The van der Waals surface area contributed by atoms with Crippen LogP contribution in [0.1, 0.15) is 25.3 Å². The summed E-state index contributed by atoms with van der Waals surface area (Å²) in [5.41, 5.74) is 3.70. The van der Waals surface area contributed by atoms with Gasteiger partial charge in [0.15, 0.2) is 0 Å². The average Bonchev–Trinajstić information content (AvgIpc) is 2.81. The van der Waals surface area contributed by atoms with Crippen LogP contribution < -0.4 is 11.3 Å². The molecule has 4 nitrogen and oxygen atoms in total. The molecule has 2 aromatic heterocycles. The van der Waals surface area contributed by atoms with Crippen molar-refractivity contribution in [1.29, 1.82) is 0 Å². The molecule has 0 saturated carbocycles. The monoisotopic (exact) mass is 266 g/mol. The zero-order chi connectivity index (χ0) is 12.3. The van der Waals surface area contributed by atoms with Gasteiger partial charge in [-0.1, -0.05) is 31.7 Å². The highest BCUT2D eigenvalue weighted by Crippen LogP contribution is 2.36. The number of nitrogens with two attached hydrogens (primary N) is 1. The molecule has 3 N–H and O–H groups in total. The summed E-state index contributed by atoms with van der Waals surface area (Å²) in [5.74, 6) is 6.51. The van der Waals surface area contributed by atoms with E-state index in [1.165, 1.54) is 10.5 Å². The first-order chi connectivity index (χ1) is 8.22. The number of nitrogens with one attached hydrogen (secondary N) is 1. The first-order valence-corrected chi connectivity index (χ1v) is 6.95. The zero-order valence-electron chi connectivity index (χ0n) is 9.68. The third kappa shape index (κ3) is 2.77.